The topological polar surface area (TPSA) is 50.2 Å². The van der Waals surface area contributed by atoms with Crippen LogP contribution >= 0.6 is 0 Å². The monoisotopic (exact) mass is 162 g/mol. The third-order valence-electron chi connectivity index (χ3n) is 0.927. The Kier molecular flexibility index (Phi) is 5.11. The van der Waals surface area contributed by atoms with Gasteiger partial charge in [0, 0.05) is 63.8 Å². The van der Waals surface area contributed by atoms with E-state index in [-0.39, 0.29) is 56.9 Å². The number of aromatic carboxylic acids is 1. The van der Waals surface area contributed by atoms with Crippen molar-refractivity contribution in [1.29, 1.82) is 0 Å². The van der Waals surface area contributed by atoms with Crippen LogP contribution < -0.4 is 0 Å². The van der Waals surface area contributed by atoms with Crippen LogP contribution in [0.4, 0.5) is 0 Å². The van der Waals surface area contributed by atoms with Crippen LogP contribution in [0.15, 0.2) is 24.5 Å². The summed E-state index contributed by atoms with van der Waals surface area (Å²) in [5.74, 6) is -0.919. The van der Waals surface area contributed by atoms with E-state index in [4.69, 9.17) is 5.11 Å². The Hall–Kier alpha value is 0.256. The van der Waals surface area contributed by atoms with Gasteiger partial charge < -0.3 is 5.11 Å². The molecule has 0 saturated carbocycles. The number of rotatable bonds is 1. The standard InChI is InChI=1S/C6H5NO2.K/c8-6(9)5-1-3-7-4-2-5;/h1-4H,(H,8,9);. The zero-order valence-corrected chi connectivity index (χ0v) is 8.74. The zero-order valence-electron chi connectivity index (χ0n) is 5.61. The van der Waals surface area contributed by atoms with Crippen molar-refractivity contribution in [3.8, 4) is 0 Å². The van der Waals surface area contributed by atoms with Crippen molar-refractivity contribution in [2.45, 2.75) is 0 Å². The van der Waals surface area contributed by atoms with Gasteiger partial charge in [0.25, 0.3) is 0 Å². The molecule has 3 nitrogen and oxygen atoms in total. The summed E-state index contributed by atoms with van der Waals surface area (Å²) in [6.07, 6.45) is 2.90. The maximum absolute atomic E-state index is 10.2. The molecule has 47 valence electrons. The van der Waals surface area contributed by atoms with E-state index >= 15 is 0 Å². The van der Waals surface area contributed by atoms with Crippen LogP contribution in [-0.2, 0) is 0 Å². The molecule has 0 aromatic carbocycles. The van der Waals surface area contributed by atoms with Crippen molar-refractivity contribution in [3.05, 3.63) is 30.1 Å². The average molecular weight is 162 g/mol. The summed E-state index contributed by atoms with van der Waals surface area (Å²) in [4.78, 5) is 13.8. The molecular formula is C6H5KNO2. The molecule has 0 aliphatic rings. The van der Waals surface area contributed by atoms with Crippen molar-refractivity contribution in [2.24, 2.45) is 0 Å². The third kappa shape index (κ3) is 2.89. The molecule has 4 heteroatoms. The van der Waals surface area contributed by atoms with Gasteiger partial charge in [-0.25, -0.2) is 4.79 Å². The van der Waals surface area contributed by atoms with Gasteiger partial charge in [-0.05, 0) is 12.1 Å². The maximum Gasteiger partial charge on any atom is 0.335 e. The van der Waals surface area contributed by atoms with Gasteiger partial charge in [0.05, 0.1) is 5.56 Å². The molecule has 0 unspecified atom stereocenters. The summed E-state index contributed by atoms with van der Waals surface area (Å²) < 4.78 is 0. The summed E-state index contributed by atoms with van der Waals surface area (Å²) in [6, 6.07) is 2.89. The van der Waals surface area contributed by atoms with E-state index in [0.717, 1.165) is 0 Å². The predicted octanol–water partition coefficient (Wildman–Crippen LogP) is 0.399. The Morgan fingerprint density at radius 1 is 1.40 bits per heavy atom. The minimum absolute atomic E-state index is 0. The van der Waals surface area contributed by atoms with Crippen molar-refractivity contribution >= 4 is 57.4 Å². The fourth-order valence-corrected chi connectivity index (χ4v) is 0.494. The number of carbonyl (C=O) groups is 1. The SMILES string of the molecule is O=C(O)c1ccncc1.[K]. The predicted molar refractivity (Wildman–Crippen MR) is 37.0 cm³/mol. The molecule has 0 bridgehead atoms. The molecule has 1 aromatic rings. The molecule has 1 heterocycles. The van der Waals surface area contributed by atoms with Gasteiger partial charge in [0.15, 0.2) is 0 Å². The molecule has 0 amide bonds. The Morgan fingerprint density at radius 2 is 1.90 bits per heavy atom. The van der Waals surface area contributed by atoms with E-state index in [9.17, 15) is 4.79 Å². The van der Waals surface area contributed by atoms with E-state index in [2.05, 4.69) is 4.98 Å². The number of hydrogen-bond acceptors (Lipinski definition) is 2. The first kappa shape index (κ1) is 10.3. The molecule has 1 rings (SSSR count). The van der Waals surface area contributed by atoms with Crippen LogP contribution in [0.1, 0.15) is 10.4 Å². The minimum Gasteiger partial charge on any atom is -0.478 e. The number of carboxylic acids is 1. The van der Waals surface area contributed by atoms with Gasteiger partial charge in [-0.3, -0.25) is 4.98 Å². The molecule has 10 heavy (non-hydrogen) atoms. The van der Waals surface area contributed by atoms with Gasteiger partial charge in [-0.2, -0.15) is 0 Å². The number of nitrogens with zero attached hydrogens (tertiary/aromatic N) is 1. The number of carboxylic acid groups (broad SMARTS) is 1. The largest absolute Gasteiger partial charge is 0.478 e. The Morgan fingerprint density at radius 3 is 2.20 bits per heavy atom. The van der Waals surface area contributed by atoms with Gasteiger partial charge in [-0.15, -0.1) is 0 Å². The van der Waals surface area contributed by atoms with E-state index in [0.29, 0.717) is 0 Å². The molecular weight excluding hydrogens is 157 g/mol. The fraction of sp³-hybridized carbons (Fsp3) is 0. The Balaban J connectivity index is 0.000000810. The van der Waals surface area contributed by atoms with Crippen LogP contribution in [0.2, 0.25) is 0 Å². The van der Waals surface area contributed by atoms with Crippen molar-refractivity contribution in [1.82, 2.24) is 4.98 Å². The molecule has 0 aliphatic heterocycles. The first-order chi connectivity index (χ1) is 4.30. The van der Waals surface area contributed by atoms with Crippen molar-refractivity contribution in [3.63, 3.8) is 0 Å². The maximum atomic E-state index is 10.2. The second-order valence-corrected chi connectivity index (χ2v) is 1.54. The average Bonchev–Trinajstić information content (AvgIpc) is 1.90. The van der Waals surface area contributed by atoms with Crippen molar-refractivity contribution in [2.75, 3.05) is 0 Å². The summed E-state index contributed by atoms with van der Waals surface area (Å²) >= 11 is 0. The second kappa shape index (κ2) is 4.98. The second-order valence-electron chi connectivity index (χ2n) is 1.54. The van der Waals surface area contributed by atoms with E-state index in [1.807, 2.05) is 0 Å². The molecule has 0 saturated heterocycles. The molecule has 1 radical (unpaired) electrons. The van der Waals surface area contributed by atoms with Crippen LogP contribution in [-0.4, -0.2) is 67.4 Å². The third-order valence-corrected chi connectivity index (χ3v) is 0.927. The molecule has 0 fully saturated rings. The Bertz CT molecular complexity index is 212. The van der Waals surface area contributed by atoms with Gasteiger partial charge in [-0.1, -0.05) is 0 Å². The van der Waals surface area contributed by atoms with E-state index in [1.165, 1.54) is 24.5 Å². The number of aromatic nitrogens is 1. The smallest absolute Gasteiger partial charge is 0.335 e. The van der Waals surface area contributed by atoms with E-state index < -0.39 is 5.97 Å². The van der Waals surface area contributed by atoms with Crippen LogP contribution in [0.3, 0.4) is 0 Å². The first-order valence-corrected chi connectivity index (χ1v) is 2.44. The normalized spacial score (nSPS) is 8.00. The molecule has 0 aliphatic carbocycles. The van der Waals surface area contributed by atoms with Gasteiger partial charge in [0.1, 0.15) is 0 Å². The summed E-state index contributed by atoms with van der Waals surface area (Å²) in [6.45, 7) is 0. The van der Waals surface area contributed by atoms with Crippen LogP contribution in [0, 0.1) is 0 Å². The van der Waals surface area contributed by atoms with Gasteiger partial charge >= 0.3 is 5.97 Å². The minimum atomic E-state index is -0.919. The molecule has 1 N–H and O–H groups in total. The number of hydrogen-bond donors (Lipinski definition) is 1. The van der Waals surface area contributed by atoms with E-state index in [1.54, 1.807) is 0 Å². The quantitative estimate of drug-likeness (QED) is 0.608. The zero-order chi connectivity index (χ0) is 6.69. The molecule has 0 spiro atoms. The number of pyridine rings is 1. The Labute approximate surface area is 101 Å². The summed E-state index contributed by atoms with van der Waals surface area (Å²) in [5.41, 5.74) is 0.269. The molecule has 1 aromatic heterocycles. The first-order valence-electron chi connectivity index (χ1n) is 2.44. The molecule has 0 atom stereocenters. The van der Waals surface area contributed by atoms with Crippen molar-refractivity contribution < 1.29 is 9.90 Å². The fourth-order valence-electron chi connectivity index (χ4n) is 0.494. The van der Waals surface area contributed by atoms with Gasteiger partial charge in [0.2, 0.25) is 0 Å². The van der Waals surface area contributed by atoms with Crippen LogP contribution in [0.25, 0.3) is 0 Å². The van der Waals surface area contributed by atoms with Crippen LogP contribution in [0.5, 0.6) is 0 Å². The summed E-state index contributed by atoms with van der Waals surface area (Å²) in [7, 11) is 0. The summed E-state index contributed by atoms with van der Waals surface area (Å²) in [5, 5.41) is 8.36.